The Labute approximate surface area is 145 Å². The van der Waals surface area contributed by atoms with Crippen LogP contribution >= 0.6 is 11.6 Å². The summed E-state index contributed by atoms with van der Waals surface area (Å²) in [4.78, 5) is 11.1. The topological polar surface area (TPSA) is 58.6 Å². The van der Waals surface area contributed by atoms with Crippen LogP contribution in [0.4, 0.5) is 5.69 Å². The van der Waals surface area contributed by atoms with Crippen LogP contribution in [0.2, 0.25) is 5.02 Å². The third-order valence-electron chi connectivity index (χ3n) is 4.94. The lowest BCUT2D eigenvalue weighted by Gasteiger charge is -2.43. The Kier molecular flexibility index (Phi) is 3.94. The number of nitrogens with one attached hydrogen (secondary N) is 1. The number of benzene rings is 2. The zero-order valence-corrected chi connectivity index (χ0v) is 13.8. The van der Waals surface area contributed by atoms with Gasteiger partial charge in [-0.05, 0) is 48.7 Å². The number of anilines is 1. The molecule has 0 unspecified atom stereocenters. The SMILES string of the molecule is O=C(O)c1ccc([C@H]2Nc3ccc(Cl)cc3[C@H]3OCCC[C@@H]23)cc1. The summed E-state index contributed by atoms with van der Waals surface area (Å²) in [7, 11) is 0. The van der Waals surface area contributed by atoms with Crippen molar-refractivity contribution >= 4 is 23.3 Å². The van der Waals surface area contributed by atoms with Crippen LogP contribution in [-0.2, 0) is 4.74 Å². The highest BCUT2D eigenvalue weighted by atomic mass is 35.5. The number of halogens is 1. The molecule has 0 aliphatic carbocycles. The second-order valence-electron chi connectivity index (χ2n) is 6.38. The standard InChI is InChI=1S/C19H18ClNO3/c20-13-7-8-16-15(10-13)18-14(2-1-9-24-18)17(21-16)11-3-5-12(6-4-11)19(22)23/h3-8,10,14,17-18,21H,1-2,9H2,(H,22,23)/t14-,17+,18-/m0/s1. The highest BCUT2D eigenvalue weighted by Gasteiger charge is 2.39. The third-order valence-corrected chi connectivity index (χ3v) is 5.18. The molecule has 5 heteroatoms. The van der Waals surface area contributed by atoms with Crippen molar-refractivity contribution in [3.63, 3.8) is 0 Å². The predicted molar refractivity (Wildman–Crippen MR) is 92.6 cm³/mol. The summed E-state index contributed by atoms with van der Waals surface area (Å²) >= 11 is 6.17. The second kappa shape index (κ2) is 6.11. The van der Waals surface area contributed by atoms with Crippen molar-refractivity contribution in [1.29, 1.82) is 0 Å². The van der Waals surface area contributed by atoms with Gasteiger partial charge in [0, 0.05) is 28.8 Å². The van der Waals surface area contributed by atoms with E-state index < -0.39 is 5.97 Å². The minimum absolute atomic E-state index is 0.0258. The highest BCUT2D eigenvalue weighted by molar-refractivity contribution is 6.30. The normalized spacial score (nSPS) is 25.3. The molecule has 0 amide bonds. The van der Waals surface area contributed by atoms with Gasteiger partial charge in [-0.2, -0.15) is 0 Å². The molecule has 1 fully saturated rings. The minimum Gasteiger partial charge on any atom is -0.478 e. The van der Waals surface area contributed by atoms with E-state index in [0.717, 1.165) is 36.3 Å². The minimum atomic E-state index is -0.906. The molecular weight excluding hydrogens is 326 g/mol. The fourth-order valence-corrected chi connectivity index (χ4v) is 3.99. The number of hydrogen-bond donors (Lipinski definition) is 2. The van der Waals surface area contributed by atoms with Gasteiger partial charge in [0.2, 0.25) is 0 Å². The maximum Gasteiger partial charge on any atom is 0.335 e. The molecule has 3 atom stereocenters. The third kappa shape index (κ3) is 2.66. The van der Waals surface area contributed by atoms with Crippen LogP contribution in [0.5, 0.6) is 0 Å². The lowest BCUT2D eigenvalue weighted by atomic mass is 9.77. The number of carboxylic acid groups (broad SMARTS) is 1. The Morgan fingerprint density at radius 2 is 2.00 bits per heavy atom. The van der Waals surface area contributed by atoms with Gasteiger partial charge in [0.25, 0.3) is 0 Å². The predicted octanol–water partition coefficient (Wildman–Crippen LogP) is 4.67. The first kappa shape index (κ1) is 15.5. The van der Waals surface area contributed by atoms with Gasteiger partial charge in [-0.1, -0.05) is 23.7 Å². The molecule has 1 saturated heterocycles. The maximum absolute atomic E-state index is 11.1. The lowest BCUT2D eigenvalue weighted by molar-refractivity contribution is -0.0381. The molecule has 0 aromatic heterocycles. The van der Waals surface area contributed by atoms with E-state index in [1.54, 1.807) is 12.1 Å². The monoisotopic (exact) mass is 343 g/mol. The van der Waals surface area contributed by atoms with Gasteiger partial charge in [0.15, 0.2) is 0 Å². The molecule has 24 heavy (non-hydrogen) atoms. The summed E-state index contributed by atoms with van der Waals surface area (Å²) in [6.45, 7) is 0.762. The molecule has 2 aliphatic rings. The molecule has 2 aromatic rings. The molecule has 0 bridgehead atoms. The van der Waals surface area contributed by atoms with Crippen molar-refractivity contribution in [2.24, 2.45) is 5.92 Å². The molecule has 4 nitrogen and oxygen atoms in total. The first-order valence-corrected chi connectivity index (χ1v) is 8.52. The number of rotatable bonds is 2. The van der Waals surface area contributed by atoms with E-state index in [4.69, 9.17) is 21.4 Å². The smallest absolute Gasteiger partial charge is 0.335 e. The maximum atomic E-state index is 11.1. The van der Waals surface area contributed by atoms with Crippen LogP contribution in [-0.4, -0.2) is 17.7 Å². The van der Waals surface area contributed by atoms with E-state index in [1.165, 1.54) is 0 Å². The molecule has 2 N–H and O–H groups in total. The zero-order valence-electron chi connectivity index (χ0n) is 13.0. The summed E-state index contributed by atoms with van der Waals surface area (Å²) in [6, 6.07) is 13.1. The van der Waals surface area contributed by atoms with Gasteiger partial charge in [-0.15, -0.1) is 0 Å². The molecule has 2 heterocycles. The van der Waals surface area contributed by atoms with Gasteiger partial charge in [-0.25, -0.2) is 4.79 Å². The fraction of sp³-hybridized carbons (Fsp3) is 0.316. The first-order chi connectivity index (χ1) is 11.6. The summed E-state index contributed by atoms with van der Waals surface area (Å²) in [5, 5.41) is 13.4. The van der Waals surface area contributed by atoms with Crippen LogP contribution in [0.3, 0.4) is 0 Å². The number of carboxylic acids is 1. The Balaban J connectivity index is 1.73. The van der Waals surface area contributed by atoms with Gasteiger partial charge in [0.05, 0.1) is 17.7 Å². The van der Waals surface area contributed by atoms with E-state index in [0.29, 0.717) is 16.5 Å². The Morgan fingerprint density at radius 3 is 2.75 bits per heavy atom. The van der Waals surface area contributed by atoms with E-state index in [9.17, 15) is 4.79 Å². The van der Waals surface area contributed by atoms with Gasteiger partial charge >= 0.3 is 5.97 Å². The average Bonchev–Trinajstić information content (AvgIpc) is 2.61. The van der Waals surface area contributed by atoms with Gasteiger partial charge < -0.3 is 15.2 Å². The van der Waals surface area contributed by atoms with Crippen molar-refractivity contribution in [3.8, 4) is 0 Å². The molecule has 4 rings (SSSR count). The Bertz CT molecular complexity index is 775. The van der Waals surface area contributed by atoms with Crippen LogP contribution in [0, 0.1) is 5.92 Å². The molecule has 2 aromatic carbocycles. The number of ether oxygens (including phenoxy) is 1. The molecule has 0 saturated carbocycles. The average molecular weight is 344 g/mol. The fourth-order valence-electron chi connectivity index (χ4n) is 3.80. The largest absolute Gasteiger partial charge is 0.478 e. The van der Waals surface area contributed by atoms with Crippen LogP contribution in [0.1, 0.15) is 46.5 Å². The van der Waals surface area contributed by atoms with E-state index in [-0.39, 0.29) is 12.1 Å². The molecule has 0 spiro atoms. The second-order valence-corrected chi connectivity index (χ2v) is 6.81. The van der Waals surface area contributed by atoms with Crippen molar-refractivity contribution in [3.05, 3.63) is 64.2 Å². The van der Waals surface area contributed by atoms with Crippen molar-refractivity contribution < 1.29 is 14.6 Å². The lowest BCUT2D eigenvalue weighted by Crippen LogP contribution is -2.36. The van der Waals surface area contributed by atoms with E-state index >= 15 is 0 Å². The Morgan fingerprint density at radius 1 is 1.21 bits per heavy atom. The van der Waals surface area contributed by atoms with Crippen molar-refractivity contribution in [1.82, 2.24) is 0 Å². The quantitative estimate of drug-likeness (QED) is 0.831. The Hall–Kier alpha value is -2.04. The zero-order chi connectivity index (χ0) is 16.7. The van der Waals surface area contributed by atoms with Crippen molar-refractivity contribution in [2.75, 3.05) is 11.9 Å². The molecule has 124 valence electrons. The van der Waals surface area contributed by atoms with E-state index in [2.05, 4.69) is 5.32 Å². The molecule has 2 aliphatic heterocycles. The summed E-state index contributed by atoms with van der Waals surface area (Å²) in [5.74, 6) is -0.600. The molecule has 0 radical (unpaired) electrons. The molecular formula is C19H18ClNO3. The number of carbonyl (C=O) groups is 1. The van der Waals surface area contributed by atoms with E-state index in [1.807, 2.05) is 30.3 Å². The van der Waals surface area contributed by atoms with Gasteiger partial charge in [0.1, 0.15) is 0 Å². The highest BCUT2D eigenvalue weighted by Crippen LogP contribution is 2.49. The first-order valence-electron chi connectivity index (χ1n) is 8.14. The van der Waals surface area contributed by atoms with Crippen LogP contribution in [0.25, 0.3) is 0 Å². The summed E-state index contributed by atoms with van der Waals surface area (Å²) < 4.78 is 6.08. The van der Waals surface area contributed by atoms with Gasteiger partial charge in [-0.3, -0.25) is 0 Å². The summed E-state index contributed by atoms with van der Waals surface area (Å²) in [6.07, 6.45) is 2.12. The van der Waals surface area contributed by atoms with Crippen molar-refractivity contribution in [2.45, 2.75) is 25.0 Å². The number of hydrogen-bond acceptors (Lipinski definition) is 3. The summed E-state index contributed by atoms with van der Waals surface area (Å²) in [5.41, 5.74) is 3.54. The number of aromatic carboxylic acids is 1. The number of fused-ring (bicyclic) bond motifs is 3. The van der Waals surface area contributed by atoms with Crippen LogP contribution < -0.4 is 5.32 Å². The van der Waals surface area contributed by atoms with Crippen LogP contribution in [0.15, 0.2) is 42.5 Å².